The van der Waals surface area contributed by atoms with Gasteiger partial charge < -0.3 is 10.4 Å². The second kappa shape index (κ2) is 5.15. The number of hydrogen-bond acceptors (Lipinski definition) is 3. The molecule has 1 saturated heterocycles. The molecule has 0 aliphatic carbocycles. The van der Waals surface area contributed by atoms with Gasteiger partial charge in [0.15, 0.2) is 0 Å². The lowest BCUT2D eigenvalue weighted by Gasteiger charge is -2.37. The summed E-state index contributed by atoms with van der Waals surface area (Å²) in [7, 11) is 0. The van der Waals surface area contributed by atoms with Crippen molar-refractivity contribution >= 4 is 17.6 Å². The van der Waals surface area contributed by atoms with E-state index < -0.39 is 17.4 Å². The summed E-state index contributed by atoms with van der Waals surface area (Å²) >= 11 is 0. The van der Waals surface area contributed by atoms with Gasteiger partial charge in [-0.25, -0.2) is 4.79 Å². The molecule has 2 N–H and O–H groups in total. The fourth-order valence-electron chi connectivity index (χ4n) is 3.32. The van der Waals surface area contributed by atoms with Crippen LogP contribution in [-0.4, -0.2) is 36.1 Å². The van der Waals surface area contributed by atoms with E-state index in [1.165, 1.54) is 4.90 Å². The first-order valence-electron chi connectivity index (χ1n) is 7.38. The highest BCUT2D eigenvalue weighted by molar-refractivity contribution is 6.04. The van der Waals surface area contributed by atoms with Crippen molar-refractivity contribution < 1.29 is 14.7 Å². The lowest BCUT2D eigenvalue weighted by molar-refractivity contribution is -0.141. The van der Waals surface area contributed by atoms with E-state index in [0.717, 1.165) is 37.2 Å². The van der Waals surface area contributed by atoms with Gasteiger partial charge in [-0.2, -0.15) is 0 Å². The molecule has 3 rings (SSSR count). The van der Waals surface area contributed by atoms with Crippen molar-refractivity contribution in [1.82, 2.24) is 5.32 Å². The molecule has 2 heterocycles. The minimum absolute atomic E-state index is 0.0543. The van der Waals surface area contributed by atoms with Crippen LogP contribution in [0.2, 0.25) is 0 Å². The Morgan fingerprint density at radius 1 is 1.29 bits per heavy atom. The average molecular weight is 288 g/mol. The molecule has 1 aromatic rings. The van der Waals surface area contributed by atoms with Crippen molar-refractivity contribution in [3.8, 4) is 0 Å². The van der Waals surface area contributed by atoms with E-state index in [2.05, 4.69) is 5.32 Å². The molecule has 21 heavy (non-hydrogen) atoms. The molecular weight excluding hydrogens is 268 g/mol. The Bertz CT molecular complexity index is 579. The number of carboxylic acids is 1. The van der Waals surface area contributed by atoms with Gasteiger partial charge >= 0.3 is 5.97 Å². The van der Waals surface area contributed by atoms with Gasteiger partial charge in [0.2, 0.25) is 5.91 Å². The van der Waals surface area contributed by atoms with Crippen LogP contribution >= 0.6 is 0 Å². The molecule has 1 fully saturated rings. The molecule has 1 aromatic carbocycles. The molecule has 0 unspecified atom stereocenters. The molecule has 0 radical (unpaired) electrons. The number of piperidine rings is 1. The Morgan fingerprint density at radius 3 is 2.62 bits per heavy atom. The summed E-state index contributed by atoms with van der Waals surface area (Å²) in [6, 6.07) is 6.72. The van der Waals surface area contributed by atoms with Crippen LogP contribution in [0.15, 0.2) is 24.3 Å². The molecule has 1 atom stereocenters. The number of fused-ring (bicyclic) bond motifs is 1. The number of benzene rings is 1. The predicted octanol–water partition coefficient (Wildman–Crippen LogP) is 1.42. The first kappa shape index (κ1) is 14.1. The Labute approximate surface area is 123 Å². The number of para-hydroxylation sites is 1. The van der Waals surface area contributed by atoms with E-state index in [-0.39, 0.29) is 5.91 Å². The number of carbonyl (C=O) groups excluding carboxylic acids is 1. The lowest BCUT2D eigenvalue weighted by atomic mass is 9.79. The van der Waals surface area contributed by atoms with Crippen molar-refractivity contribution in [2.45, 2.75) is 32.2 Å². The van der Waals surface area contributed by atoms with Crippen molar-refractivity contribution in [2.24, 2.45) is 5.41 Å². The maximum absolute atomic E-state index is 13.0. The SMILES string of the molecule is CC1(C(=O)N2c3ccccc3C[C@H]2C(=O)O)CCNCC1. The second-order valence-corrected chi connectivity index (χ2v) is 6.17. The molecule has 2 aliphatic heterocycles. The van der Waals surface area contributed by atoms with E-state index in [9.17, 15) is 14.7 Å². The maximum Gasteiger partial charge on any atom is 0.327 e. The van der Waals surface area contributed by atoms with Gasteiger partial charge in [-0.3, -0.25) is 9.69 Å². The van der Waals surface area contributed by atoms with Crippen LogP contribution in [0.3, 0.4) is 0 Å². The highest BCUT2D eigenvalue weighted by atomic mass is 16.4. The summed E-state index contributed by atoms with van der Waals surface area (Å²) in [4.78, 5) is 26.1. The zero-order valence-corrected chi connectivity index (χ0v) is 12.1. The monoisotopic (exact) mass is 288 g/mol. The minimum atomic E-state index is -0.933. The molecular formula is C16H20N2O3. The maximum atomic E-state index is 13.0. The number of carboxylic acid groups (broad SMARTS) is 1. The van der Waals surface area contributed by atoms with Crippen molar-refractivity contribution in [2.75, 3.05) is 18.0 Å². The van der Waals surface area contributed by atoms with E-state index in [1.807, 2.05) is 31.2 Å². The van der Waals surface area contributed by atoms with Crippen molar-refractivity contribution in [3.63, 3.8) is 0 Å². The average Bonchev–Trinajstić information content (AvgIpc) is 2.86. The smallest absolute Gasteiger partial charge is 0.327 e. The minimum Gasteiger partial charge on any atom is -0.480 e. The summed E-state index contributed by atoms with van der Waals surface area (Å²) in [6.45, 7) is 3.56. The number of carbonyl (C=O) groups is 2. The fraction of sp³-hybridized carbons (Fsp3) is 0.500. The number of rotatable bonds is 2. The van der Waals surface area contributed by atoms with Gasteiger partial charge in [0.1, 0.15) is 6.04 Å². The van der Waals surface area contributed by atoms with E-state index in [0.29, 0.717) is 6.42 Å². The zero-order valence-electron chi connectivity index (χ0n) is 12.1. The van der Waals surface area contributed by atoms with E-state index in [4.69, 9.17) is 0 Å². The molecule has 5 nitrogen and oxygen atoms in total. The summed E-state index contributed by atoms with van der Waals surface area (Å²) < 4.78 is 0. The number of amides is 1. The second-order valence-electron chi connectivity index (χ2n) is 6.17. The standard InChI is InChI=1S/C16H20N2O3/c1-16(6-8-17-9-7-16)15(21)18-12-5-3-2-4-11(12)10-13(18)14(19)20/h2-5,13,17H,6-10H2,1H3,(H,19,20)/t13-/m0/s1. The summed E-state index contributed by atoms with van der Waals surface area (Å²) in [6.07, 6.45) is 1.89. The third kappa shape index (κ3) is 2.31. The fourth-order valence-corrected chi connectivity index (χ4v) is 3.32. The molecule has 0 bridgehead atoms. The topological polar surface area (TPSA) is 69.6 Å². The van der Waals surface area contributed by atoms with Gasteiger partial charge in [-0.05, 0) is 37.6 Å². The van der Waals surface area contributed by atoms with Gasteiger partial charge in [0.25, 0.3) is 0 Å². The third-order valence-corrected chi connectivity index (χ3v) is 4.70. The van der Waals surface area contributed by atoms with Gasteiger partial charge in [-0.1, -0.05) is 25.1 Å². The number of hydrogen-bond donors (Lipinski definition) is 2. The highest BCUT2D eigenvalue weighted by Gasteiger charge is 2.45. The molecule has 0 saturated carbocycles. The number of nitrogens with zero attached hydrogens (tertiary/aromatic N) is 1. The molecule has 5 heteroatoms. The molecule has 112 valence electrons. The Hall–Kier alpha value is -1.88. The van der Waals surface area contributed by atoms with Crippen LogP contribution in [0.25, 0.3) is 0 Å². The van der Waals surface area contributed by atoms with Crippen LogP contribution in [0.4, 0.5) is 5.69 Å². The molecule has 0 aromatic heterocycles. The third-order valence-electron chi connectivity index (χ3n) is 4.70. The first-order chi connectivity index (χ1) is 10.0. The van der Waals surface area contributed by atoms with Crippen molar-refractivity contribution in [1.29, 1.82) is 0 Å². The van der Waals surface area contributed by atoms with Crippen LogP contribution in [0, 0.1) is 5.41 Å². The molecule has 1 amide bonds. The van der Waals surface area contributed by atoms with E-state index in [1.54, 1.807) is 0 Å². The number of nitrogens with one attached hydrogen (secondary N) is 1. The predicted molar refractivity (Wildman–Crippen MR) is 79.3 cm³/mol. The Morgan fingerprint density at radius 2 is 1.95 bits per heavy atom. The number of aliphatic carboxylic acids is 1. The summed E-state index contributed by atoms with van der Waals surface area (Å²) in [5.74, 6) is -0.988. The van der Waals surface area contributed by atoms with Crippen LogP contribution in [-0.2, 0) is 16.0 Å². The normalized spacial score (nSPS) is 23.7. The quantitative estimate of drug-likeness (QED) is 0.863. The molecule has 2 aliphatic rings. The van der Waals surface area contributed by atoms with Crippen LogP contribution < -0.4 is 10.2 Å². The van der Waals surface area contributed by atoms with Gasteiger partial charge in [-0.15, -0.1) is 0 Å². The Kier molecular flexibility index (Phi) is 3.45. The van der Waals surface area contributed by atoms with Gasteiger partial charge in [0.05, 0.1) is 0 Å². The number of anilines is 1. The lowest BCUT2D eigenvalue weighted by Crippen LogP contribution is -2.52. The van der Waals surface area contributed by atoms with Crippen LogP contribution in [0.5, 0.6) is 0 Å². The van der Waals surface area contributed by atoms with E-state index >= 15 is 0 Å². The largest absolute Gasteiger partial charge is 0.480 e. The van der Waals surface area contributed by atoms with Gasteiger partial charge in [0, 0.05) is 17.5 Å². The Balaban J connectivity index is 1.97. The highest BCUT2D eigenvalue weighted by Crippen LogP contribution is 2.38. The molecule has 0 spiro atoms. The first-order valence-corrected chi connectivity index (χ1v) is 7.38. The van der Waals surface area contributed by atoms with Crippen molar-refractivity contribution in [3.05, 3.63) is 29.8 Å². The summed E-state index contributed by atoms with van der Waals surface area (Å²) in [5, 5.41) is 12.7. The van der Waals surface area contributed by atoms with Crippen LogP contribution in [0.1, 0.15) is 25.3 Å². The zero-order chi connectivity index (χ0) is 15.0. The summed E-state index contributed by atoms with van der Waals surface area (Å²) in [5.41, 5.74) is 1.22.